The molecule has 2 rings (SSSR count). The van der Waals surface area contributed by atoms with E-state index in [9.17, 15) is 9.59 Å². The molecule has 1 fully saturated rings. The molecule has 0 spiro atoms. The molecule has 1 aliphatic rings. The van der Waals surface area contributed by atoms with Gasteiger partial charge in [-0.15, -0.1) is 0 Å². The molecule has 1 amide bonds. The minimum Gasteiger partial charge on any atom is -0.478 e. The Bertz CT molecular complexity index is 516. The van der Waals surface area contributed by atoms with E-state index in [0.29, 0.717) is 16.7 Å². The number of halogens is 1. The van der Waals surface area contributed by atoms with E-state index in [2.05, 4.69) is 31.5 Å². The number of benzene rings is 1. The van der Waals surface area contributed by atoms with E-state index in [1.807, 2.05) is 0 Å². The van der Waals surface area contributed by atoms with Crippen molar-refractivity contribution in [2.24, 2.45) is 0 Å². The van der Waals surface area contributed by atoms with Crippen LogP contribution in [0.15, 0.2) is 22.7 Å². The molecule has 1 aliphatic heterocycles. The van der Waals surface area contributed by atoms with Crippen molar-refractivity contribution in [2.75, 3.05) is 38.0 Å². The Morgan fingerprint density at radius 1 is 1.35 bits per heavy atom. The van der Waals surface area contributed by atoms with Crippen molar-refractivity contribution in [2.45, 2.75) is 0 Å². The van der Waals surface area contributed by atoms with E-state index >= 15 is 0 Å². The van der Waals surface area contributed by atoms with Crippen molar-refractivity contribution in [1.29, 1.82) is 0 Å². The van der Waals surface area contributed by atoms with Crippen molar-refractivity contribution < 1.29 is 14.7 Å². The molecule has 1 saturated heterocycles. The molecule has 6 nitrogen and oxygen atoms in total. The van der Waals surface area contributed by atoms with Gasteiger partial charge in [-0.05, 0) is 34.1 Å². The summed E-state index contributed by atoms with van der Waals surface area (Å²) in [6.45, 7) is 3.77. The van der Waals surface area contributed by atoms with Crippen LogP contribution in [-0.4, -0.2) is 54.6 Å². The summed E-state index contributed by atoms with van der Waals surface area (Å²) in [4.78, 5) is 25.0. The van der Waals surface area contributed by atoms with Crippen LogP contribution in [0.1, 0.15) is 10.4 Å². The van der Waals surface area contributed by atoms with Gasteiger partial charge in [-0.3, -0.25) is 9.69 Å². The second-order valence-corrected chi connectivity index (χ2v) is 5.43. The quantitative estimate of drug-likeness (QED) is 0.760. The SMILES string of the molecule is O=C(CN1CCNCC1)Nc1ccc(Br)c(C(=O)O)c1. The van der Waals surface area contributed by atoms with Gasteiger partial charge in [0.2, 0.25) is 5.91 Å². The minimum atomic E-state index is -1.03. The fourth-order valence-corrected chi connectivity index (χ4v) is 2.46. The third kappa shape index (κ3) is 4.03. The Kier molecular flexibility index (Phi) is 5.11. The number of amides is 1. The lowest BCUT2D eigenvalue weighted by molar-refractivity contribution is -0.117. The number of hydrogen-bond acceptors (Lipinski definition) is 4. The van der Waals surface area contributed by atoms with Crippen LogP contribution < -0.4 is 10.6 Å². The highest BCUT2D eigenvalue weighted by Gasteiger charge is 2.14. The first kappa shape index (κ1) is 15.0. The van der Waals surface area contributed by atoms with Crippen molar-refractivity contribution >= 4 is 33.5 Å². The van der Waals surface area contributed by atoms with Gasteiger partial charge in [0.15, 0.2) is 0 Å². The smallest absolute Gasteiger partial charge is 0.336 e. The lowest BCUT2D eigenvalue weighted by atomic mass is 10.2. The number of nitrogens with one attached hydrogen (secondary N) is 2. The Hall–Kier alpha value is -1.44. The van der Waals surface area contributed by atoms with Gasteiger partial charge < -0.3 is 15.7 Å². The van der Waals surface area contributed by atoms with Crippen LogP contribution in [-0.2, 0) is 4.79 Å². The summed E-state index contributed by atoms with van der Waals surface area (Å²) in [6, 6.07) is 4.73. The zero-order chi connectivity index (χ0) is 14.5. The van der Waals surface area contributed by atoms with Crippen molar-refractivity contribution in [3.63, 3.8) is 0 Å². The highest BCUT2D eigenvalue weighted by atomic mass is 79.9. The number of rotatable bonds is 4. The van der Waals surface area contributed by atoms with Crippen LogP contribution in [0.5, 0.6) is 0 Å². The van der Waals surface area contributed by atoms with Crippen LogP contribution in [0.3, 0.4) is 0 Å². The van der Waals surface area contributed by atoms with Gasteiger partial charge in [0, 0.05) is 36.3 Å². The number of piperazine rings is 1. The van der Waals surface area contributed by atoms with Crippen molar-refractivity contribution in [1.82, 2.24) is 10.2 Å². The predicted molar refractivity (Wildman–Crippen MR) is 79.0 cm³/mol. The van der Waals surface area contributed by atoms with E-state index < -0.39 is 5.97 Å². The second-order valence-electron chi connectivity index (χ2n) is 4.57. The van der Waals surface area contributed by atoms with E-state index in [-0.39, 0.29) is 11.5 Å². The highest BCUT2D eigenvalue weighted by molar-refractivity contribution is 9.10. The first-order valence-electron chi connectivity index (χ1n) is 6.32. The minimum absolute atomic E-state index is 0.130. The topological polar surface area (TPSA) is 81.7 Å². The number of aromatic carboxylic acids is 1. The zero-order valence-corrected chi connectivity index (χ0v) is 12.4. The summed E-state index contributed by atoms with van der Waals surface area (Å²) < 4.78 is 0.491. The normalized spacial score (nSPS) is 15.8. The summed E-state index contributed by atoms with van der Waals surface area (Å²) >= 11 is 3.17. The Balaban J connectivity index is 1.96. The first-order chi connectivity index (χ1) is 9.56. The van der Waals surface area contributed by atoms with E-state index in [1.165, 1.54) is 6.07 Å². The summed E-state index contributed by atoms with van der Waals surface area (Å²) in [5.41, 5.74) is 0.621. The second kappa shape index (κ2) is 6.83. The Morgan fingerprint density at radius 2 is 2.05 bits per heavy atom. The molecule has 1 heterocycles. The Morgan fingerprint density at radius 3 is 2.70 bits per heavy atom. The molecule has 0 saturated carbocycles. The van der Waals surface area contributed by atoms with Crippen molar-refractivity contribution in [3.8, 4) is 0 Å². The van der Waals surface area contributed by atoms with Gasteiger partial charge in [0.05, 0.1) is 12.1 Å². The van der Waals surface area contributed by atoms with E-state index in [1.54, 1.807) is 12.1 Å². The maximum atomic E-state index is 11.9. The lowest BCUT2D eigenvalue weighted by Crippen LogP contribution is -2.46. The average Bonchev–Trinajstić information content (AvgIpc) is 2.41. The molecule has 20 heavy (non-hydrogen) atoms. The van der Waals surface area contributed by atoms with Gasteiger partial charge in [-0.25, -0.2) is 4.79 Å². The maximum absolute atomic E-state index is 11.9. The Labute approximate surface area is 125 Å². The molecule has 1 aromatic rings. The number of carboxylic acids is 1. The summed E-state index contributed by atoms with van der Waals surface area (Å²) in [6.07, 6.45) is 0. The predicted octanol–water partition coefficient (Wildman–Crippen LogP) is 0.991. The van der Waals surface area contributed by atoms with Gasteiger partial charge in [0.25, 0.3) is 0 Å². The molecule has 0 unspecified atom stereocenters. The number of carbonyl (C=O) groups excluding carboxylic acids is 1. The van der Waals surface area contributed by atoms with Crippen LogP contribution in [0.2, 0.25) is 0 Å². The standard InChI is InChI=1S/C13H16BrN3O3/c14-11-2-1-9(7-10(11)13(19)20)16-12(18)8-17-5-3-15-4-6-17/h1-2,7,15H,3-6,8H2,(H,16,18)(H,19,20). The van der Waals surface area contributed by atoms with Crippen LogP contribution in [0, 0.1) is 0 Å². The molecule has 1 aromatic carbocycles. The molecule has 108 valence electrons. The van der Waals surface area contributed by atoms with Gasteiger partial charge >= 0.3 is 5.97 Å². The molecule has 0 radical (unpaired) electrons. The number of nitrogens with zero attached hydrogens (tertiary/aromatic N) is 1. The largest absolute Gasteiger partial charge is 0.478 e. The molecular weight excluding hydrogens is 326 g/mol. The molecule has 0 atom stereocenters. The number of carboxylic acid groups (broad SMARTS) is 1. The first-order valence-corrected chi connectivity index (χ1v) is 7.11. The molecule has 0 aromatic heterocycles. The molecule has 0 aliphatic carbocycles. The molecule has 3 N–H and O–H groups in total. The lowest BCUT2D eigenvalue weighted by Gasteiger charge is -2.26. The monoisotopic (exact) mass is 341 g/mol. The maximum Gasteiger partial charge on any atom is 0.336 e. The molecule has 0 bridgehead atoms. The van der Waals surface area contributed by atoms with E-state index in [0.717, 1.165) is 26.2 Å². The van der Waals surface area contributed by atoms with Gasteiger partial charge in [-0.2, -0.15) is 0 Å². The van der Waals surface area contributed by atoms with Crippen LogP contribution in [0.4, 0.5) is 5.69 Å². The number of anilines is 1. The fourth-order valence-electron chi connectivity index (χ4n) is 2.04. The third-order valence-corrected chi connectivity index (χ3v) is 3.75. The van der Waals surface area contributed by atoms with Crippen LogP contribution >= 0.6 is 15.9 Å². The van der Waals surface area contributed by atoms with Gasteiger partial charge in [-0.1, -0.05) is 0 Å². The number of hydrogen-bond donors (Lipinski definition) is 3. The highest BCUT2D eigenvalue weighted by Crippen LogP contribution is 2.21. The average molecular weight is 342 g/mol. The van der Waals surface area contributed by atoms with Gasteiger partial charge in [0.1, 0.15) is 0 Å². The number of carbonyl (C=O) groups is 2. The third-order valence-electron chi connectivity index (χ3n) is 3.06. The summed E-state index contributed by atoms with van der Waals surface area (Å²) in [7, 11) is 0. The zero-order valence-electron chi connectivity index (χ0n) is 10.9. The molecular formula is C13H16BrN3O3. The molecule has 7 heteroatoms. The van der Waals surface area contributed by atoms with Crippen LogP contribution in [0.25, 0.3) is 0 Å². The van der Waals surface area contributed by atoms with Crippen molar-refractivity contribution in [3.05, 3.63) is 28.2 Å². The summed E-state index contributed by atoms with van der Waals surface area (Å²) in [5, 5.41) is 15.0. The fraction of sp³-hybridized carbons (Fsp3) is 0.385. The summed E-state index contributed by atoms with van der Waals surface area (Å²) in [5.74, 6) is -1.17. The van der Waals surface area contributed by atoms with E-state index in [4.69, 9.17) is 5.11 Å².